The average molecular weight is 446 g/mol. The molecule has 6 heteroatoms. The van der Waals surface area contributed by atoms with Crippen molar-refractivity contribution in [2.45, 2.75) is 38.6 Å². The van der Waals surface area contributed by atoms with Crippen molar-refractivity contribution in [2.75, 3.05) is 13.6 Å². The largest absolute Gasteiger partial charge is 0.355 e. The van der Waals surface area contributed by atoms with Crippen LogP contribution >= 0.6 is 0 Å². The van der Waals surface area contributed by atoms with Crippen LogP contribution in [0, 0.1) is 23.2 Å². The second-order valence-electron chi connectivity index (χ2n) is 9.78. The molecule has 0 unspecified atom stereocenters. The SMILES string of the molecule is CNC(=O)c1cn(CCCc2ccccc2)cc(C(=O)NC[C@@H]2C[C@H]3C=C[C@@H]2C32CC2)c1=O. The molecule has 2 fully saturated rings. The molecule has 172 valence electrons. The molecule has 1 spiro atoms. The summed E-state index contributed by atoms with van der Waals surface area (Å²) in [5, 5.41) is 5.52. The predicted octanol–water partition coefficient (Wildman–Crippen LogP) is 3.17. The van der Waals surface area contributed by atoms with Gasteiger partial charge in [0, 0.05) is 32.5 Å². The minimum Gasteiger partial charge on any atom is -0.355 e. The number of nitrogens with zero attached hydrogens (tertiary/aromatic N) is 1. The van der Waals surface area contributed by atoms with Gasteiger partial charge in [0.2, 0.25) is 5.43 Å². The topological polar surface area (TPSA) is 80.2 Å². The van der Waals surface area contributed by atoms with Gasteiger partial charge in [0.05, 0.1) is 0 Å². The lowest BCUT2D eigenvalue weighted by atomic mass is 9.89. The zero-order valence-electron chi connectivity index (χ0n) is 19.0. The smallest absolute Gasteiger partial charge is 0.256 e. The Balaban J connectivity index is 1.29. The van der Waals surface area contributed by atoms with Crippen LogP contribution in [0.1, 0.15) is 52.0 Å². The maximum atomic E-state index is 13.0. The van der Waals surface area contributed by atoms with Crippen molar-refractivity contribution in [3.05, 3.63) is 81.8 Å². The summed E-state index contributed by atoms with van der Waals surface area (Å²) in [5.41, 5.74) is 1.23. The zero-order chi connectivity index (χ0) is 23.0. The van der Waals surface area contributed by atoms with Crippen molar-refractivity contribution >= 4 is 11.8 Å². The molecule has 5 rings (SSSR count). The lowest BCUT2D eigenvalue weighted by Crippen LogP contribution is -2.37. The number of carbonyl (C=O) groups is 2. The molecule has 2 saturated carbocycles. The third kappa shape index (κ3) is 4.03. The highest BCUT2D eigenvalue weighted by Crippen LogP contribution is 2.69. The van der Waals surface area contributed by atoms with E-state index in [0.29, 0.717) is 36.3 Å². The first-order chi connectivity index (χ1) is 16.0. The summed E-state index contributed by atoms with van der Waals surface area (Å²) < 4.78 is 1.79. The van der Waals surface area contributed by atoms with Gasteiger partial charge in [0.1, 0.15) is 11.1 Å². The number of hydrogen-bond acceptors (Lipinski definition) is 3. The quantitative estimate of drug-likeness (QED) is 0.613. The fourth-order valence-corrected chi connectivity index (χ4v) is 6.00. The summed E-state index contributed by atoms with van der Waals surface area (Å²) in [4.78, 5) is 38.3. The van der Waals surface area contributed by atoms with Gasteiger partial charge < -0.3 is 15.2 Å². The monoisotopic (exact) mass is 445 g/mol. The highest BCUT2D eigenvalue weighted by molar-refractivity contribution is 5.99. The highest BCUT2D eigenvalue weighted by atomic mass is 16.2. The van der Waals surface area contributed by atoms with Gasteiger partial charge in [-0.3, -0.25) is 14.4 Å². The van der Waals surface area contributed by atoms with Crippen LogP contribution in [0.5, 0.6) is 0 Å². The van der Waals surface area contributed by atoms with E-state index in [1.54, 1.807) is 17.0 Å². The molecule has 1 aromatic heterocycles. The number of nitrogens with one attached hydrogen (secondary N) is 2. The van der Waals surface area contributed by atoms with E-state index in [0.717, 1.165) is 19.3 Å². The standard InChI is InChI=1S/C27H31N3O3/c1-28-25(32)21-16-30(13-5-8-18-6-3-2-4-7-18)17-22(24(21)31)26(33)29-15-19-14-20-9-10-23(19)27(20)11-12-27/h2-4,6-7,9-10,16-17,19-20,23H,5,8,11-15H2,1H3,(H,28,32)(H,29,33)/t19-,20+,23-/m0/s1. The van der Waals surface area contributed by atoms with E-state index in [4.69, 9.17) is 0 Å². The number of hydrogen-bond donors (Lipinski definition) is 2. The molecular weight excluding hydrogens is 414 g/mol. The predicted molar refractivity (Wildman–Crippen MR) is 127 cm³/mol. The van der Waals surface area contributed by atoms with Crippen LogP contribution in [0.3, 0.4) is 0 Å². The van der Waals surface area contributed by atoms with Crippen molar-refractivity contribution < 1.29 is 9.59 Å². The highest BCUT2D eigenvalue weighted by Gasteiger charge is 2.62. The first-order valence-electron chi connectivity index (χ1n) is 12.0. The molecule has 3 aliphatic carbocycles. The summed E-state index contributed by atoms with van der Waals surface area (Å²) in [5.74, 6) is 0.777. The van der Waals surface area contributed by atoms with Crippen molar-refractivity contribution in [3.63, 3.8) is 0 Å². The van der Waals surface area contributed by atoms with Gasteiger partial charge >= 0.3 is 0 Å². The van der Waals surface area contributed by atoms with Crippen LogP contribution < -0.4 is 16.1 Å². The Hall–Kier alpha value is -3.15. The number of amides is 2. The molecule has 0 saturated heterocycles. The van der Waals surface area contributed by atoms with Gasteiger partial charge in [-0.15, -0.1) is 0 Å². The molecule has 3 atom stereocenters. The van der Waals surface area contributed by atoms with Crippen LogP contribution in [0.15, 0.2) is 59.7 Å². The van der Waals surface area contributed by atoms with E-state index < -0.39 is 11.3 Å². The van der Waals surface area contributed by atoms with Gasteiger partial charge in [0.25, 0.3) is 11.8 Å². The van der Waals surface area contributed by atoms with E-state index >= 15 is 0 Å². The Labute approximate surface area is 194 Å². The van der Waals surface area contributed by atoms with E-state index in [2.05, 4.69) is 34.9 Å². The third-order valence-electron chi connectivity index (χ3n) is 7.89. The van der Waals surface area contributed by atoms with E-state index in [1.807, 2.05) is 18.2 Å². The van der Waals surface area contributed by atoms with Gasteiger partial charge in [-0.25, -0.2) is 0 Å². The van der Waals surface area contributed by atoms with Gasteiger partial charge in [-0.2, -0.15) is 0 Å². The number of aryl methyl sites for hydroxylation is 2. The number of benzene rings is 1. The number of allylic oxidation sites excluding steroid dienone is 2. The zero-order valence-corrected chi connectivity index (χ0v) is 19.0. The summed E-state index contributed by atoms with van der Waals surface area (Å²) in [6.07, 6.45) is 13.3. The fraction of sp³-hybridized carbons (Fsp3) is 0.444. The second-order valence-corrected chi connectivity index (χ2v) is 9.78. The Morgan fingerprint density at radius 2 is 1.79 bits per heavy atom. The van der Waals surface area contributed by atoms with Gasteiger partial charge in [-0.1, -0.05) is 42.5 Å². The van der Waals surface area contributed by atoms with Crippen molar-refractivity contribution in [3.8, 4) is 0 Å². The normalized spacial score (nSPS) is 23.6. The average Bonchev–Trinajstić information content (AvgIpc) is 3.51. The number of carbonyl (C=O) groups excluding carboxylic acids is 2. The molecule has 6 nitrogen and oxygen atoms in total. The van der Waals surface area contributed by atoms with E-state index in [-0.39, 0.29) is 17.0 Å². The third-order valence-corrected chi connectivity index (χ3v) is 7.89. The molecule has 33 heavy (non-hydrogen) atoms. The van der Waals surface area contributed by atoms with Crippen molar-refractivity contribution in [1.29, 1.82) is 0 Å². The first-order valence-corrected chi connectivity index (χ1v) is 12.0. The maximum Gasteiger partial charge on any atom is 0.256 e. The van der Waals surface area contributed by atoms with Crippen molar-refractivity contribution in [1.82, 2.24) is 15.2 Å². The van der Waals surface area contributed by atoms with E-state index in [1.165, 1.54) is 25.5 Å². The lowest BCUT2D eigenvalue weighted by Gasteiger charge is -2.20. The minimum atomic E-state index is -0.516. The fourth-order valence-electron chi connectivity index (χ4n) is 6.00. The first kappa shape index (κ1) is 21.7. The lowest BCUT2D eigenvalue weighted by molar-refractivity contribution is 0.0942. The second kappa shape index (κ2) is 8.65. The molecule has 1 heterocycles. The van der Waals surface area contributed by atoms with Crippen molar-refractivity contribution in [2.24, 2.45) is 23.2 Å². The molecule has 0 radical (unpaired) electrons. The summed E-state index contributed by atoms with van der Waals surface area (Å²) in [6.45, 7) is 1.18. The van der Waals surface area contributed by atoms with Crippen LogP contribution in [0.2, 0.25) is 0 Å². The molecule has 3 aliphatic rings. The Morgan fingerprint density at radius 1 is 1.06 bits per heavy atom. The minimum absolute atomic E-state index is 0.00431. The van der Waals surface area contributed by atoms with Gasteiger partial charge in [0.15, 0.2) is 0 Å². The molecular formula is C27H31N3O3. The van der Waals surface area contributed by atoms with Crippen LogP contribution in [0.4, 0.5) is 0 Å². The molecule has 2 bridgehead atoms. The summed E-state index contributed by atoms with van der Waals surface area (Å²) in [6, 6.07) is 10.2. The maximum absolute atomic E-state index is 13.0. The van der Waals surface area contributed by atoms with Crippen LogP contribution in [-0.4, -0.2) is 30.0 Å². The number of pyridine rings is 1. The molecule has 2 N–H and O–H groups in total. The number of aromatic nitrogens is 1. The van der Waals surface area contributed by atoms with Crippen LogP contribution in [0.25, 0.3) is 0 Å². The molecule has 2 amide bonds. The Kier molecular flexibility index (Phi) is 5.69. The number of rotatable bonds is 8. The van der Waals surface area contributed by atoms with Gasteiger partial charge in [-0.05, 0) is 60.8 Å². The molecule has 1 aromatic carbocycles. The van der Waals surface area contributed by atoms with E-state index in [9.17, 15) is 14.4 Å². The summed E-state index contributed by atoms with van der Waals surface area (Å²) >= 11 is 0. The van der Waals surface area contributed by atoms with Crippen LogP contribution in [-0.2, 0) is 13.0 Å². The Morgan fingerprint density at radius 3 is 2.45 bits per heavy atom. The summed E-state index contributed by atoms with van der Waals surface area (Å²) in [7, 11) is 1.49. The Bertz CT molecular complexity index is 1150. The molecule has 2 aromatic rings. The molecule has 0 aliphatic heterocycles.